The first-order valence-electron chi connectivity index (χ1n) is 6.23. The number of hydrogen-bond donors (Lipinski definition) is 2. The van der Waals surface area contributed by atoms with E-state index >= 15 is 0 Å². The molecule has 0 aliphatic carbocycles. The molecule has 0 unspecified atom stereocenters. The summed E-state index contributed by atoms with van der Waals surface area (Å²) in [5.74, 6) is 1.53. The molecule has 19 heavy (non-hydrogen) atoms. The van der Waals surface area contributed by atoms with Gasteiger partial charge < -0.3 is 10.4 Å². The second-order valence-corrected chi connectivity index (χ2v) is 6.46. The van der Waals surface area contributed by atoms with Crippen LogP contribution in [-0.4, -0.2) is 53.7 Å². The molecule has 2 N–H and O–H groups in total. The number of benzene rings is 1. The summed E-state index contributed by atoms with van der Waals surface area (Å²) in [7, 11) is 0. The number of halogens is 1. The molecule has 0 spiro atoms. The van der Waals surface area contributed by atoms with Crippen molar-refractivity contribution in [2.45, 2.75) is 0 Å². The maximum atomic E-state index is 10.8. The van der Waals surface area contributed by atoms with E-state index in [0.717, 1.165) is 36.3 Å². The zero-order valence-corrected chi connectivity index (χ0v) is 13.0. The van der Waals surface area contributed by atoms with E-state index < -0.39 is 5.97 Å². The third-order valence-corrected chi connectivity index (χ3v) is 4.66. The SMILES string of the molecule is O=C(O)c1ccc(NCCN2CCSCC2)c(Br)c1. The minimum Gasteiger partial charge on any atom is -0.478 e. The van der Waals surface area contributed by atoms with Crippen molar-refractivity contribution < 1.29 is 9.90 Å². The van der Waals surface area contributed by atoms with Crippen LogP contribution in [0.2, 0.25) is 0 Å². The van der Waals surface area contributed by atoms with Gasteiger partial charge >= 0.3 is 5.97 Å². The Hall–Kier alpha value is -0.720. The fourth-order valence-electron chi connectivity index (χ4n) is 1.96. The maximum Gasteiger partial charge on any atom is 0.335 e. The normalized spacial score (nSPS) is 16.3. The third-order valence-electron chi connectivity index (χ3n) is 3.06. The standard InChI is InChI=1S/C13H17BrN2O2S/c14-11-9-10(13(17)18)1-2-12(11)15-3-4-16-5-7-19-8-6-16/h1-2,9,15H,3-8H2,(H,17,18). The molecular formula is C13H17BrN2O2S. The third kappa shape index (κ3) is 4.40. The number of carboxylic acids is 1. The molecule has 2 rings (SSSR count). The van der Waals surface area contributed by atoms with Gasteiger partial charge in [0, 0.05) is 47.8 Å². The highest BCUT2D eigenvalue weighted by atomic mass is 79.9. The summed E-state index contributed by atoms with van der Waals surface area (Å²) in [5, 5.41) is 12.2. The smallest absolute Gasteiger partial charge is 0.335 e. The second kappa shape index (κ2) is 7.17. The number of rotatable bonds is 5. The van der Waals surface area contributed by atoms with Gasteiger partial charge in [0.05, 0.1) is 5.56 Å². The molecule has 0 atom stereocenters. The lowest BCUT2D eigenvalue weighted by molar-refractivity contribution is 0.0697. The van der Waals surface area contributed by atoms with Crippen molar-refractivity contribution in [2.24, 2.45) is 0 Å². The molecule has 1 fully saturated rings. The molecule has 1 heterocycles. The molecule has 1 saturated heterocycles. The Morgan fingerprint density at radius 1 is 1.42 bits per heavy atom. The zero-order chi connectivity index (χ0) is 13.7. The van der Waals surface area contributed by atoms with E-state index in [0.29, 0.717) is 5.56 Å². The van der Waals surface area contributed by atoms with E-state index in [4.69, 9.17) is 5.11 Å². The molecule has 104 valence electrons. The van der Waals surface area contributed by atoms with E-state index in [1.165, 1.54) is 11.5 Å². The predicted octanol–water partition coefficient (Wildman–Crippen LogP) is 2.61. The summed E-state index contributed by atoms with van der Waals surface area (Å²) in [5.41, 5.74) is 1.24. The Labute approximate surface area is 125 Å². The number of thioether (sulfide) groups is 1. The van der Waals surface area contributed by atoms with E-state index in [1.807, 2.05) is 11.8 Å². The highest BCUT2D eigenvalue weighted by Crippen LogP contribution is 2.23. The first-order valence-corrected chi connectivity index (χ1v) is 8.18. The van der Waals surface area contributed by atoms with Crippen LogP contribution in [0.4, 0.5) is 5.69 Å². The molecule has 0 radical (unpaired) electrons. The lowest BCUT2D eigenvalue weighted by Crippen LogP contribution is -2.36. The maximum absolute atomic E-state index is 10.8. The summed E-state index contributed by atoms with van der Waals surface area (Å²) in [6.45, 7) is 4.21. The zero-order valence-electron chi connectivity index (χ0n) is 10.6. The number of carboxylic acid groups (broad SMARTS) is 1. The van der Waals surface area contributed by atoms with Crippen LogP contribution in [0.15, 0.2) is 22.7 Å². The van der Waals surface area contributed by atoms with Gasteiger partial charge in [-0.15, -0.1) is 0 Å². The van der Waals surface area contributed by atoms with Crippen LogP contribution in [0, 0.1) is 0 Å². The van der Waals surface area contributed by atoms with Crippen molar-refractivity contribution in [3.63, 3.8) is 0 Å². The van der Waals surface area contributed by atoms with Gasteiger partial charge in [0.25, 0.3) is 0 Å². The van der Waals surface area contributed by atoms with Crippen molar-refractivity contribution in [1.29, 1.82) is 0 Å². The monoisotopic (exact) mass is 344 g/mol. The lowest BCUT2D eigenvalue weighted by atomic mass is 10.2. The first-order chi connectivity index (χ1) is 9.16. The lowest BCUT2D eigenvalue weighted by Gasteiger charge is -2.26. The Bertz CT molecular complexity index is 450. The van der Waals surface area contributed by atoms with E-state index in [-0.39, 0.29) is 0 Å². The summed E-state index contributed by atoms with van der Waals surface area (Å²) in [6, 6.07) is 5.05. The van der Waals surface area contributed by atoms with Crippen LogP contribution in [-0.2, 0) is 0 Å². The Kier molecular flexibility index (Phi) is 5.54. The molecule has 0 saturated carbocycles. The highest BCUT2D eigenvalue weighted by molar-refractivity contribution is 9.10. The topological polar surface area (TPSA) is 52.6 Å². The molecule has 1 aromatic rings. The van der Waals surface area contributed by atoms with E-state index in [2.05, 4.69) is 26.1 Å². The van der Waals surface area contributed by atoms with Gasteiger partial charge in [0.2, 0.25) is 0 Å². The molecule has 0 bridgehead atoms. The average Bonchev–Trinajstić information content (AvgIpc) is 2.41. The van der Waals surface area contributed by atoms with Gasteiger partial charge in [-0.25, -0.2) is 4.79 Å². The molecular weight excluding hydrogens is 328 g/mol. The summed E-state index contributed by atoms with van der Waals surface area (Å²) in [4.78, 5) is 13.3. The minimum atomic E-state index is -0.905. The molecule has 1 aromatic carbocycles. The summed E-state index contributed by atoms with van der Waals surface area (Å²) >= 11 is 5.41. The van der Waals surface area contributed by atoms with Crippen LogP contribution in [0.5, 0.6) is 0 Å². The van der Waals surface area contributed by atoms with Crippen molar-refractivity contribution >= 4 is 39.3 Å². The second-order valence-electron chi connectivity index (χ2n) is 4.38. The van der Waals surface area contributed by atoms with Crippen LogP contribution in [0.1, 0.15) is 10.4 Å². The van der Waals surface area contributed by atoms with E-state index in [9.17, 15) is 4.79 Å². The summed E-state index contributed by atoms with van der Waals surface area (Å²) in [6.07, 6.45) is 0. The predicted molar refractivity (Wildman–Crippen MR) is 83.4 cm³/mol. The number of aromatic carboxylic acids is 1. The minimum absolute atomic E-state index is 0.297. The van der Waals surface area contributed by atoms with Gasteiger partial charge in [-0.1, -0.05) is 0 Å². The molecule has 1 aliphatic heterocycles. The summed E-state index contributed by atoms with van der Waals surface area (Å²) < 4.78 is 0.793. The molecule has 4 nitrogen and oxygen atoms in total. The largest absolute Gasteiger partial charge is 0.478 e. The number of nitrogens with zero attached hydrogens (tertiary/aromatic N) is 1. The van der Waals surface area contributed by atoms with Gasteiger partial charge in [0.15, 0.2) is 0 Å². The average molecular weight is 345 g/mol. The van der Waals surface area contributed by atoms with Gasteiger partial charge in [0.1, 0.15) is 0 Å². The van der Waals surface area contributed by atoms with Gasteiger partial charge in [-0.3, -0.25) is 4.90 Å². The van der Waals surface area contributed by atoms with Crippen LogP contribution < -0.4 is 5.32 Å². The number of carbonyl (C=O) groups is 1. The number of anilines is 1. The Balaban J connectivity index is 1.83. The Morgan fingerprint density at radius 2 is 2.16 bits per heavy atom. The molecule has 0 aromatic heterocycles. The quantitative estimate of drug-likeness (QED) is 0.859. The Morgan fingerprint density at radius 3 is 2.79 bits per heavy atom. The molecule has 6 heteroatoms. The van der Waals surface area contributed by atoms with Crippen molar-refractivity contribution in [3.8, 4) is 0 Å². The highest BCUT2D eigenvalue weighted by Gasteiger charge is 2.10. The van der Waals surface area contributed by atoms with E-state index in [1.54, 1.807) is 18.2 Å². The molecule has 0 amide bonds. The number of hydrogen-bond acceptors (Lipinski definition) is 4. The molecule has 1 aliphatic rings. The van der Waals surface area contributed by atoms with Crippen LogP contribution in [0.25, 0.3) is 0 Å². The van der Waals surface area contributed by atoms with Gasteiger partial charge in [-0.2, -0.15) is 11.8 Å². The van der Waals surface area contributed by atoms with Crippen LogP contribution in [0.3, 0.4) is 0 Å². The fraction of sp³-hybridized carbons (Fsp3) is 0.462. The van der Waals surface area contributed by atoms with Gasteiger partial charge in [-0.05, 0) is 34.1 Å². The fourth-order valence-corrected chi connectivity index (χ4v) is 3.46. The first kappa shape index (κ1) is 14.7. The number of nitrogens with one attached hydrogen (secondary N) is 1. The van der Waals surface area contributed by atoms with Crippen molar-refractivity contribution in [1.82, 2.24) is 4.90 Å². The van der Waals surface area contributed by atoms with Crippen LogP contribution >= 0.6 is 27.7 Å². The van der Waals surface area contributed by atoms with Crippen molar-refractivity contribution in [3.05, 3.63) is 28.2 Å². The van der Waals surface area contributed by atoms with Crippen molar-refractivity contribution in [2.75, 3.05) is 43.0 Å².